The van der Waals surface area contributed by atoms with Gasteiger partial charge in [-0.25, -0.2) is 0 Å². The van der Waals surface area contributed by atoms with Crippen molar-refractivity contribution in [2.45, 2.75) is 58.5 Å². The van der Waals surface area contributed by atoms with Gasteiger partial charge in [-0.1, -0.05) is 6.92 Å². The van der Waals surface area contributed by atoms with Gasteiger partial charge in [0.1, 0.15) is 0 Å². The molecule has 0 aromatic rings. The van der Waals surface area contributed by atoms with Crippen molar-refractivity contribution in [3.05, 3.63) is 0 Å². The van der Waals surface area contributed by atoms with Crippen LogP contribution in [0.2, 0.25) is 0 Å². The summed E-state index contributed by atoms with van der Waals surface area (Å²) < 4.78 is 5.59. The number of ether oxygens (including phenoxy) is 1. The number of nitrogens with zero attached hydrogens (tertiary/aromatic N) is 1. The molecule has 1 aliphatic carbocycles. The van der Waals surface area contributed by atoms with E-state index in [4.69, 9.17) is 4.74 Å². The topological polar surface area (TPSA) is 41.6 Å². The van der Waals surface area contributed by atoms with E-state index < -0.39 is 0 Å². The number of carbonyl (C=O) groups is 1. The molecular weight excluding hydrogens is 264 g/mol. The minimum absolute atomic E-state index is 0.363. The number of piperidine rings is 1. The van der Waals surface area contributed by atoms with E-state index in [-0.39, 0.29) is 0 Å². The summed E-state index contributed by atoms with van der Waals surface area (Å²) in [5.41, 5.74) is 0. The van der Waals surface area contributed by atoms with Crippen molar-refractivity contribution in [2.75, 3.05) is 32.8 Å². The molecular formula is C17H32N2O2. The molecule has 21 heavy (non-hydrogen) atoms. The van der Waals surface area contributed by atoms with Crippen LogP contribution in [0.1, 0.15) is 52.4 Å². The summed E-state index contributed by atoms with van der Waals surface area (Å²) >= 11 is 0. The van der Waals surface area contributed by atoms with Gasteiger partial charge in [0.05, 0.1) is 6.10 Å². The van der Waals surface area contributed by atoms with Crippen molar-refractivity contribution in [1.29, 1.82) is 0 Å². The highest BCUT2D eigenvalue weighted by Crippen LogP contribution is 2.33. The van der Waals surface area contributed by atoms with Crippen molar-refractivity contribution >= 4 is 5.91 Å². The average Bonchev–Trinajstić information content (AvgIpc) is 2.45. The number of hydrogen-bond acceptors (Lipinski definition) is 3. The van der Waals surface area contributed by atoms with E-state index in [0.29, 0.717) is 23.8 Å². The van der Waals surface area contributed by atoms with Gasteiger partial charge in [0, 0.05) is 26.1 Å². The molecule has 2 rings (SSSR count). The first-order valence-electron chi connectivity index (χ1n) is 8.83. The Hall–Kier alpha value is -0.610. The van der Waals surface area contributed by atoms with E-state index in [1.54, 1.807) is 0 Å². The van der Waals surface area contributed by atoms with Gasteiger partial charge in [-0.3, -0.25) is 4.79 Å². The van der Waals surface area contributed by atoms with Crippen LogP contribution in [0.3, 0.4) is 0 Å². The Balaban J connectivity index is 1.73. The van der Waals surface area contributed by atoms with Crippen LogP contribution in [0, 0.1) is 11.8 Å². The van der Waals surface area contributed by atoms with E-state index in [1.807, 2.05) is 6.92 Å². The van der Waals surface area contributed by atoms with Gasteiger partial charge in [0.15, 0.2) is 0 Å². The molecule has 1 saturated heterocycles. The third-order valence-electron chi connectivity index (χ3n) is 4.78. The summed E-state index contributed by atoms with van der Waals surface area (Å²) in [4.78, 5) is 14.7. The molecule has 1 N–H and O–H groups in total. The van der Waals surface area contributed by atoms with E-state index >= 15 is 0 Å². The number of amides is 1. The van der Waals surface area contributed by atoms with E-state index in [0.717, 1.165) is 58.5 Å². The molecule has 1 atom stereocenters. The number of nitrogens with one attached hydrogen (secondary N) is 1. The molecule has 122 valence electrons. The Labute approximate surface area is 129 Å². The highest BCUT2D eigenvalue weighted by atomic mass is 16.5. The number of rotatable bonds is 8. The van der Waals surface area contributed by atoms with Gasteiger partial charge >= 0.3 is 0 Å². The second-order valence-corrected chi connectivity index (χ2v) is 6.67. The van der Waals surface area contributed by atoms with Gasteiger partial charge in [0.2, 0.25) is 5.91 Å². The standard InChI is InChI=1S/C17H32N2O2/c1-3-8-19(13-14-6-5-7-18-12-14)17(20)11-15-9-16(10-15)21-4-2/h14-16,18H,3-13H2,1-2H3. The molecule has 2 fully saturated rings. The van der Waals surface area contributed by atoms with Crippen LogP contribution >= 0.6 is 0 Å². The summed E-state index contributed by atoms with van der Waals surface area (Å²) in [6, 6.07) is 0. The van der Waals surface area contributed by atoms with Crippen LogP contribution in [0.4, 0.5) is 0 Å². The fraction of sp³-hybridized carbons (Fsp3) is 0.941. The number of carbonyl (C=O) groups excluding carboxylic acids is 1. The first-order chi connectivity index (χ1) is 10.2. The monoisotopic (exact) mass is 296 g/mol. The van der Waals surface area contributed by atoms with Crippen LogP contribution in [-0.4, -0.2) is 49.7 Å². The first kappa shape index (κ1) is 16.8. The summed E-state index contributed by atoms with van der Waals surface area (Å²) in [6.07, 6.45) is 6.85. The van der Waals surface area contributed by atoms with Crippen molar-refractivity contribution < 1.29 is 9.53 Å². The fourth-order valence-electron chi connectivity index (χ4n) is 3.57. The van der Waals surface area contributed by atoms with Crippen LogP contribution in [-0.2, 0) is 9.53 Å². The Kier molecular flexibility index (Phi) is 6.97. The minimum Gasteiger partial charge on any atom is -0.378 e. The van der Waals surface area contributed by atoms with Gasteiger partial charge in [-0.2, -0.15) is 0 Å². The van der Waals surface area contributed by atoms with Crippen molar-refractivity contribution in [3.63, 3.8) is 0 Å². The second-order valence-electron chi connectivity index (χ2n) is 6.67. The smallest absolute Gasteiger partial charge is 0.222 e. The molecule has 4 heteroatoms. The molecule has 0 bridgehead atoms. The highest BCUT2D eigenvalue weighted by Gasteiger charge is 2.32. The Morgan fingerprint density at radius 3 is 2.71 bits per heavy atom. The molecule has 1 amide bonds. The summed E-state index contributed by atoms with van der Waals surface area (Å²) in [5.74, 6) is 1.56. The minimum atomic E-state index is 0.363. The molecule has 4 nitrogen and oxygen atoms in total. The summed E-state index contributed by atoms with van der Waals surface area (Å²) in [5, 5.41) is 3.45. The van der Waals surface area contributed by atoms with Gasteiger partial charge in [-0.05, 0) is 64.0 Å². The van der Waals surface area contributed by atoms with Crippen LogP contribution < -0.4 is 5.32 Å². The normalized spacial score (nSPS) is 29.0. The predicted octanol–water partition coefficient (Wildman–Crippen LogP) is 2.43. The third-order valence-corrected chi connectivity index (χ3v) is 4.78. The van der Waals surface area contributed by atoms with Gasteiger partial charge < -0.3 is 15.0 Å². The van der Waals surface area contributed by atoms with Crippen LogP contribution in [0.5, 0.6) is 0 Å². The highest BCUT2D eigenvalue weighted by molar-refractivity contribution is 5.76. The van der Waals surface area contributed by atoms with Crippen molar-refractivity contribution in [3.8, 4) is 0 Å². The molecule has 1 saturated carbocycles. The lowest BCUT2D eigenvalue weighted by molar-refractivity contribution is -0.135. The zero-order valence-electron chi connectivity index (χ0n) is 13.8. The van der Waals surface area contributed by atoms with E-state index in [2.05, 4.69) is 17.1 Å². The van der Waals surface area contributed by atoms with Crippen molar-refractivity contribution in [2.24, 2.45) is 11.8 Å². The SMILES string of the molecule is CCCN(CC1CCCNC1)C(=O)CC1CC(OCC)C1. The van der Waals surface area contributed by atoms with Crippen molar-refractivity contribution in [1.82, 2.24) is 10.2 Å². The molecule has 1 unspecified atom stereocenters. The fourth-order valence-corrected chi connectivity index (χ4v) is 3.57. The van der Waals surface area contributed by atoms with Crippen LogP contribution in [0.25, 0.3) is 0 Å². The predicted molar refractivity (Wildman–Crippen MR) is 85.2 cm³/mol. The molecule has 0 aromatic carbocycles. The summed E-state index contributed by atoms with van der Waals surface area (Å²) in [6.45, 7) is 9.07. The summed E-state index contributed by atoms with van der Waals surface area (Å²) in [7, 11) is 0. The first-order valence-corrected chi connectivity index (χ1v) is 8.83. The maximum absolute atomic E-state index is 12.5. The molecule has 1 heterocycles. The Morgan fingerprint density at radius 1 is 1.29 bits per heavy atom. The largest absolute Gasteiger partial charge is 0.378 e. The molecule has 0 aromatic heterocycles. The number of hydrogen-bond donors (Lipinski definition) is 1. The van der Waals surface area contributed by atoms with E-state index in [1.165, 1.54) is 12.8 Å². The zero-order valence-corrected chi connectivity index (χ0v) is 13.8. The molecule has 0 radical (unpaired) electrons. The van der Waals surface area contributed by atoms with Crippen LogP contribution in [0.15, 0.2) is 0 Å². The lowest BCUT2D eigenvalue weighted by Crippen LogP contribution is -2.43. The third kappa shape index (κ3) is 5.26. The quantitative estimate of drug-likeness (QED) is 0.748. The lowest BCUT2D eigenvalue weighted by atomic mass is 9.79. The van der Waals surface area contributed by atoms with E-state index in [9.17, 15) is 4.79 Å². The maximum atomic E-state index is 12.5. The zero-order chi connectivity index (χ0) is 15.1. The molecule has 2 aliphatic rings. The molecule has 0 spiro atoms. The Bertz CT molecular complexity index is 310. The van der Waals surface area contributed by atoms with Gasteiger partial charge in [-0.15, -0.1) is 0 Å². The average molecular weight is 296 g/mol. The maximum Gasteiger partial charge on any atom is 0.222 e. The lowest BCUT2D eigenvalue weighted by Gasteiger charge is -2.36. The second kappa shape index (κ2) is 8.74. The molecule has 1 aliphatic heterocycles. The Morgan fingerprint density at radius 2 is 2.10 bits per heavy atom. The van der Waals surface area contributed by atoms with Gasteiger partial charge in [0.25, 0.3) is 0 Å².